The largest absolute Gasteiger partial charge is 0.344 e. The normalized spacial score (nSPS) is 20.1. The molecule has 1 rings (SSSR count). The van der Waals surface area contributed by atoms with Gasteiger partial charge in [-0.25, -0.2) is 8.78 Å². The molecular formula is C11H16F2N2O. The summed E-state index contributed by atoms with van der Waals surface area (Å²) in [6.07, 6.45) is 0.390. The second-order valence-corrected chi connectivity index (χ2v) is 4.30. The number of rotatable bonds is 3. The minimum absolute atomic E-state index is 0.106. The summed E-state index contributed by atoms with van der Waals surface area (Å²) in [6.45, 7) is 0.377. The van der Waals surface area contributed by atoms with Crippen LogP contribution in [0.25, 0.3) is 0 Å². The molecule has 1 fully saturated rings. The van der Waals surface area contributed by atoms with E-state index in [1.54, 1.807) is 7.05 Å². The van der Waals surface area contributed by atoms with Crippen molar-refractivity contribution in [3.8, 4) is 6.07 Å². The molecule has 0 atom stereocenters. The first-order chi connectivity index (χ1) is 7.46. The maximum atomic E-state index is 12.9. The van der Waals surface area contributed by atoms with E-state index in [0.29, 0.717) is 6.54 Å². The van der Waals surface area contributed by atoms with Crippen molar-refractivity contribution >= 4 is 5.91 Å². The molecule has 0 aromatic carbocycles. The van der Waals surface area contributed by atoms with E-state index in [2.05, 4.69) is 0 Å². The zero-order chi connectivity index (χ0) is 12.2. The summed E-state index contributed by atoms with van der Waals surface area (Å²) < 4.78 is 25.8. The summed E-state index contributed by atoms with van der Waals surface area (Å²) in [5.41, 5.74) is 0. The highest BCUT2D eigenvalue weighted by molar-refractivity contribution is 5.78. The average molecular weight is 230 g/mol. The molecule has 0 heterocycles. The molecule has 0 aromatic heterocycles. The number of carbonyl (C=O) groups is 1. The van der Waals surface area contributed by atoms with E-state index in [-0.39, 0.29) is 43.9 Å². The molecule has 5 heteroatoms. The van der Waals surface area contributed by atoms with Crippen molar-refractivity contribution in [1.29, 1.82) is 5.26 Å². The highest BCUT2D eigenvalue weighted by atomic mass is 19.3. The number of hydrogen-bond acceptors (Lipinski definition) is 2. The smallest absolute Gasteiger partial charge is 0.248 e. The second kappa shape index (κ2) is 5.24. The van der Waals surface area contributed by atoms with Crippen LogP contribution in [-0.2, 0) is 4.79 Å². The van der Waals surface area contributed by atoms with E-state index < -0.39 is 5.92 Å². The fourth-order valence-corrected chi connectivity index (χ4v) is 1.93. The number of nitriles is 1. The van der Waals surface area contributed by atoms with Gasteiger partial charge in [0.1, 0.15) is 0 Å². The van der Waals surface area contributed by atoms with Crippen molar-refractivity contribution in [3.05, 3.63) is 0 Å². The van der Waals surface area contributed by atoms with Gasteiger partial charge < -0.3 is 4.90 Å². The van der Waals surface area contributed by atoms with E-state index in [1.807, 2.05) is 6.07 Å². The third-order valence-corrected chi connectivity index (χ3v) is 3.00. The predicted octanol–water partition coefficient (Wildman–Crippen LogP) is 2.18. The average Bonchev–Trinajstić information content (AvgIpc) is 2.25. The summed E-state index contributed by atoms with van der Waals surface area (Å²) in [7, 11) is 1.62. The summed E-state index contributed by atoms with van der Waals surface area (Å²) in [5, 5.41) is 8.39. The van der Waals surface area contributed by atoms with Crippen molar-refractivity contribution in [3.63, 3.8) is 0 Å². The van der Waals surface area contributed by atoms with E-state index in [0.717, 1.165) is 0 Å². The number of hydrogen-bond donors (Lipinski definition) is 0. The molecule has 0 saturated heterocycles. The Kier molecular flexibility index (Phi) is 4.22. The zero-order valence-corrected chi connectivity index (χ0v) is 9.38. The molecule has 0 N–H and O–H groups in total. The van der Waals surface area contributed by atoms with Gasteiger partial charge in [0, 0.05) is 32.4 Å². The van der Waals surface area contributed by atoms with Gasteiger partial charge in [0.05, 0.1) is 12.5 Å². The highest BCUT2D eigenvalue weighted by Crippen LogP contribution is 2.36. The van der Waals surface area contributed by atoms with E-state index >= 15 is 0 Å². The lowest BCUT2D eigenvalue weighted by Crippen LogP contribution is -2.37. The Morgan fingerprint density at radius 2 is 2.06 bits per heavy atom. The lowest BCUT2D eigenvalue weighted by Gasteiger charge is -2.30. The predicted molar refractivity (Wildman–Crippen MR) is 54.8 cm³/mol. The van der Waals surface area contributed by atoms with Crippen LogP contribution in [0.1, 0.15) is 32.1 Å². The van der Waals surface area contributed by atoms with Crippen LogP contribution in [0.15, 0.2) is 0 Å². The molecule has 0 unspecified atom stereocenters. The minimum atomic E-state index is -2.60. The molecule has 3 nitrogen and oxygen atoms in total. The Hall–Kier alpha value is -1.18. The van der Waals surface area contributed by atoms with E-state index in [9.17, 15) is 13.6 Å². The molecule has 1 amide bonds. The molecule has 1 aliphatic carbocycles. The third-order valence-electron chi connectivity index (χ3n) is 3.00. The van der Waals surface area contributed by atoms with Crippen molar-refractivity contribution in [2.75, 3.05) is 13.6 Å². The van der Waals surface area contributed by atoms with Crippen LogP contribution < -0.4 is 0 Å². The van der Waals surface area contributed by atoms with Gasteiger partial charge in [-0.05, 0) is 12.8 Å². The summed E-state index contributed by atoms with van der Waals surface area (Å²) in [4.78, 5) is 13.3. The SMILES string of the molecule is CN(CCC#N)C(=O)C1CCC(F)(F)CC1. The van der Waals surface area contributed by atoms with Crippen LogP contribution >= 0.6 is 0 Å². The van der Waals surface area contributed by atoms with Crippen LogP contribution in [0.5, 0.6) is 0 Å². The Morgan fingerprint density at radius 1 is 1.50 bits per heavy atom. The number of alkyl halides is 2. The fraction of sp³-hybridized carbons (Fsp3) is 0.818. The van der Waals surface area contributed by atoms with Crippen LogP contribution in [0.2, 0.25) is 0 Å². The standard InChI is InChI=1S/C11H16F2N2O/c1-15(8-2-7-14)10(16)9-3-5-11(12,13)6-4-9/h9H,2-6,8H2,1H3. The van der Waals surface area contributed by atoms with Gasteiger partial charge >= 0.3 is 0 Å². The van der Waals surface area contributed by atoms with Crippen LogP contribution in [0.3, 0.4) is 0 Å². The monoisotopic (exact) mass is 230 g/mol. The Morgan fingerprint density at radius 3 is 2.56 bits per heavy atom. The maximum Gasteiger partial charge on any atom is 0.248 e. The summed E-state index contributed by atoms with van der Waals surface area (Å²) in [6, 6.07) is 1.96. The van der Waals surface area contributed by atoms with Gasteiger partial charge in [-0.1, -0.05) is 0 Å². The summed E-state index contributed by atoms with van der Waals surface area (Å²) in [5.74, 6) is -2.99. The first-order valence-corrected chi connectivity index (χ1v) is 5.46. The van der Waals surface area contributed by atoms with E-state index in [4.69, 9.17) is 5.26 Å². The minimum Gasteiger partial charge on any atom is -0.344 e. The lowest BCUT2D eigenvalue weighted by atomic mass is 9.86. The van der Waals surface area contributed by atoms with Crippen molar-refractivity contribution in [2.24, 2.45) is 5.92 Å². The van der Waals surface area contributed by atoms with Gasteiger partial charge in [0.25, 0.3) is 0 Å². The molecular weight excluding hydrogens is 214 g/mol. The molecule has 1 saturated carbocycles. The van der Waals surface area contributed by atoms with E-state index in [1.165, 1.54) is 4.90 Å². The van der Waals surface area contributed by atoms with Crippen LogP contribution in [0.4, 0.5) is 8.78 Å². The molecule has 0 aromatic rings. The topological polar surface area (TPSA) is 44.1 Å². The van der Waals surface area contributed by atoms with Crippen LogP contribution in [0, 0.1) is 17.2 Å². The van der Waals surface area contributed by atoms with Gasteiger partial charge in [-0.3, -0.25) is 4.79 Å². The van der Waals surface area contributed by atoms with Gasteiger partial charge in [0.2, 0.25) is 11.8 Å². The second-order valence-electron chi connectivity index (χ2n) is 4.30. The Bertz CT molecular complexity index is 289. The van der Waals surface area contributed by atoms with Gasteiger partial charge in [0.15, 0.2) is 0 Å². The fourth-order valence-electron chi connectivity index (χ4n) is 1.93. The van der Waals surface area contributed by atoms with Crippen LogP contribution in [-0.4, -0.2) is 30.3 Å². The lowest BCUT2D eigenvalue weighted by molar-refractivity contribution is -0.138. The Balaban J connectivity index is 2.41. The molecule has 0 radical (unpaired) electrons. The third kappa shape index (κ3) is 3.44. The molecule has 90 valence electrons. The first kappa shape index (κ1) is 12.9. The van der Waals surface area contributed by atoms with Crippen molar-refractivity contribution in [2.45, 2.75) is 38.0 Å². The van der Waals surface area contributed by atoms with Crippen molar-refractivity contribution < 1.29 is 13.6 Å². The zero-order valence-electron chi connectivity index (χ0n) is 9.38. The van der Waals surface area contributed by atoms with Gasteiger partial charge in [-0.15, -0.1) is 0 Å². The highest BCUT2D eigenvalue weighted by Gasteiger charge is 2.37. The van der Waals surface area contributed by atoms with Crippen molar-refractivity contribution in [1.82, 2.24) is 4.90 Å². The number of nitrogens with zero attached hydrogens (tertiary/aromatic N) is 2. The molecule has 0 spiro atoms. The number of amides is 1. The molecule has 0 bridgehead atoms. The number of halogens is 2. The maximum absolute atomic E-state index is 12.9. The number of carbonyl (C=O) groups excluding carboxylic acids is 1. The molecule has 16 heavy (non-hydrogen) atoms. The van der Waals surface area contributed by atoms with Gasteiger partial charge in [-0.2, -0.15) is 5.26 Å². The molecule has 0 aliphatic heterocycles. The molecule has 1 aliphatic rings. The summed E-state index contributed by atoms with van der Waals surface area (Å²) >= 11 is 0. The first-order valence-electron chi connectivity index (χ1n) is 5.46. The quantitative estimate of drug-likeness (QED) is 0.745. The Labute approximate surface area is 94.0 Å².